The summed E-state index contributed by atoms with van der Waals surface area (Å²) in [5.41, 5.74) is 0.887. The first-order valence-electron chi connectivity index (χ1n) is 7.07. The van der Waals surface area contributed by atoms with E-state index in [0.717, 1.165) is 22.1 Å². The molecule has 102 valence electrons. The molecule has 19 heavy (non-hydrogen) atoms. The fourth-order valence-corrected chi connectivity index (χ4v) is 5.01. The number of rotatable bonds is 4. The molecule has 2 atom stereocenters. The molecule has 0 aromatic heterocycles. The largest absolute Gasteiger partial charge is 0.192 e. The zero-order chi connectivity index (χ0) is 13.7. The van der Waals surface area contributed by atoms with Gasteiger partial charge in [-0.25, -0.2) is 0 Å². The van der Waals surface area contributed by atoms with Gasteiger partial charge in [-0.1, -0.05) is 32.8 Å². The number of hydrogen-bond acceptors (Lipinski definition) is 3. The summed E-state index contributed by atoms with van der Waals surface area (Å²) in [6.07, 6.45) is 5.30. The average molecular weight is 291 g/mol. The van der Waals surface area contributed by atoms with E-state index >= 15 is 0 Å². The van der Waals surface area contributed by atoms with Gasteiger partial charge in [0.15, 0.2) is 0 Å². The van der Waals surface area contributed by atoms with Gasteiger partial charge in [-0.05, 0) is 36.6 Å². The van der Waals surface area contributed by atoms with Crippen LogP contribution in [-0.2, 0) is 0 Å². The predicted molar refractivity (Wildman–Crippen MR) is 84.8 cm³/mol. The molecule has 1 aromatic rings. The molecule has 0 saturated heterocycles. The zero-order valence-corrected chi connectivity index (χ0v) is 13.3. The van der Waals surface area contributed by atoms with Crippen LogP contribution in [0.4, 0.5) is 0 Å². The van der Waals surface area contributed by atoms with Crippen molar-refractivity contribution in [3.05, 3.63) is 23.8 Å². The topological polar surface area (TPSA) is 23.8 Å². The number of nitriles is 1. The Morgan fingerprint density at radius 1 is 1.32 bits per heavy atom. The van der Waals surface area contributed by atoms with E-state index in [1.54, 1.807) is 11.8 Å². The van der Waals surface area contributed by atoms with E-state index in [1.165, 1.54) is 30.6 Å². The van der Waals surface area contributed by atoms with Crippen molar-refractivity contribution < 1.29 is 0 Å². The maximum atomic E-state index is 9.43. The Balaban J connectivity index is 2.15. The van der Waals surface area contributed by atoms with Crippen molar-refractivity contribution >= 4 is 23.5 Å². The Kier molecular flexibility index (Phi) is 5.66. The molecule has 1 saturated carbocycles. The van der Waals surface area contributed by atoms with Gasteiger partial charge in [0, 0.05) is 15.0 Å². The smallest absolute Gasteiger partial charge is 0.101 e. The summed E-state index contributed by atoms with van der Waals surface area (Å²) in [6, 6.07) is 8.68. The minimum absolute atomic E-state index is 0.692. The quantitative estimate of drug-likeness (QED) is 0.699. The van der Waals surface area contributed by atoms with Crippen molar-refractivity contribution in [2.24, 2.45) is 5.92 Å². The lowest BCUT2D eigenvalue weighted by Gasteiger charge is -2.26. The molecule has 0 amide bonds. The normalized spacial score (nSPS) is 23.0. The van der Waals surface area contributed by atoms with E-state index in [1.807, 2.05) is 11.8 Å². The molecule has 0 aliphatic heterocycles. The third-order valence-electron chi connectivity index (χ3n) is 3.58. The van der Waals surface area contributed by atoms with Gasteiger partial charge in [0.2, 0.25) is 0 Å². The van der Waals surface area contributed by atoms with E-state index < -0.39 is 0 Å². The van der Waals surface area contributed by atoms with Crippen molar-refractivity contribution in [3.63, 3.8) is 0 Å². The van der Waals surface area contributed by atoms with Crippen molar-refractivity contribution in [3.8, 4) is 6.07 Å². The van der Waals surface area contributed by atoms with E-state index in [2.05, 4.69) is 38.1 Å². The second-order valence-electron chi connectivity index (χ2n) is 5.19. The van der Waals surface area contributed by atoms with E-state index in [9.17, 15) is 5.26 Å². The van der Waals surface area contributed by atoms with Crippen LogP contribution in [0.2, 0.25) is 0 Å². The number of thioether (sulfide) groups is 2. The molecular weight excluding hydrogens is 270 g/mol. The second kappa shape index (κ2) is 7.26. The van der Waals surface area contributed by atoms with Gasteiger partial charge in [-0.15, -0.1) is 23.5 Å². The zero-order valence-electron chi connectivity index (χ0n) is 11.7. The van der Waals surface area contributed by atoms with Gasteiger partial charge >= 0.3 is 0 Å². The molecule has 0 heterocycles. The molecule has 2 unspecified atom stereocenters. The summed E-state index contributed by atoms with van der Waals surface area (Å²) in [6.45, 7) is 4.48. The number of benzene rings is 1. The van der Waals surface area contributed by atoms with Gasteiger partial charge in [0.1, 0.15) is 6.07 Å². The minimum Gasteiger partial charge on any atom is -0.192 e. The van der Waals surface area contributed by atoms with Crippen LogP contribution < -0.4 is 0 Å². The Hall–Kier alpha value is -0.590. The first-order chi connectivity index (χ1) is 9.24. The molecule has 2 rings (SSSR count). The third kappa shape index (κ3) is 3.94. The predicted octanol–water partition coefficient (Wildman–Crippen LogP) is 5.34. The monoisotopic (exact) mass is 291 g/mol. The van der Waals surface area contributed by atoms with Crippen LogP contribution in [0.15, 0.2) is 28.0 Å². The highest BCUT2D eigenvalue weighted by atomic mass is 32.2. The maximum Gasteiger partial charge on any atom is 0.101 e. The van der Waals surface area contributed by atoms with Crippen LogP contribution in [-0.4, -0.2) is 11.0 Å². The molecule has 0 bridgehead atoms. The maximum absolute atomic E-state index is 9.43. The van der Waals surface area contributed by atoms with Crippen LogP contribution >= 0.6 is 23.5 Å². The summed E-state index contributed by atoms with van der Waals surface area (Å²) < 4.78 is 0. The summed E-state index contributed by atoms with van der Waals surface area (Å²) in [5.74, 6) is 1.86. The highest BCUT2D eigenvalue weighted by Gasteiger charge is 2.21. The molecule has 1 aliphatic rings. The van der Waals surface area contributed by atoms with E-state index in [-0.39, 0.29) is 0 Å². The highest BCUT2D eigenvalue weighted by Crippen LogP contribution is 2.39. The molecule has 1 nitrogen and oxygen atoms in total. The van der Waals surface area contributed by atoms with Crippen molar-refractivity contribution in [2.75, 3.05) is 5.75 Å². The highest BCUT2D eigenvalue weighted by molar-refractivity contribution is 8.00. The van der Waals surface area contributed by atoms with Crippen molar-refractivity contribution in [2.45, 2.75) is 54.6 Å². The fraction of sp³-hybridized carbons (Fsp3) is 0.562. The summed E-state index contributed by atoms with van der Waals surface area (Å²) in [4.78, 5) is 2.32. The lowest BCUT2D eigenvalue weighted by Crippen LogP contribution is -2.15. The molecule has 1 aliphatic carbocycles. The van der Waals surface area contributed by atoms with Gasteiger partial charge in [-0.3, -0.25) is 0 Å². The van der Waals surface area contributed by atoms with Crippen LogP contribution in [0.3, 0.4) is 0 Å². The lowest BCUT2D eigenvalue weighted by atomic mass is 9.91. The molecule has 0 N–H and O–H groups in total. The Bertz CT molecular complexity index is 464. The van der Waals surface area contributed by atoms with Crippen molar-refractivity contribution in [1.29, 1.82) is 5.26 Å². The first-order valence-corrected chi connectivity index (χ1v) is 8.93. The molecule has 0 spiro atoms. The van der Waals surface area contributed by atoms with E-state index in [0.29, 0.717) is 5.25 Å². The van der Waals surface area contributed by atoms with Crippen LogP contribution in [0.1, 0.15) is 45.1 Å². The molecule has 3 heteroatoms. The standard InChI is InChI=1S/C16H21NS2/c1-3-18-15-8-5-9-16(14(15)11-17)19-13-7-4-6-12(2)10-13/h5,8-9,12-13H,3-4,6-7,10H2,1-2H3. The Labute approximate surface area is 125 Å². The molecular formula is C16H21NS2. The molecule has 1 aromatic carbocycles. The lowest BCUT2D eigenvalue weighted by molar-refractivity contribution is 0.394. The summed E-state index contributed by atoms with van der Waals surface area (Å²) in [5, 5.41) is 10.1. The Morgan fingerprint density at radius 3 is 2.79 bits per heavy atom. The minimum atomic E-state index is 0.692. The molecule has 0 radical (unpaired) electrons. The Morgan fingerprint density at radius 2 is 2.11 bits per heavy atom. The van der Waals surface area contributed by atoms with Crippen LogP contribution in [0.5, 0.6) is 0 Å². The number of hydrogen-bond donors (Lipinski definition) is 0. The fourth-order valence-electron chi connectivity index (χ4n) is 2.66. The van der Waals surface area contributed by atoms with Gasteiger partial charge < -0.3 is 0 Å². The van der Waals surface area contributed by atoms with Crippen LogP contribution in [0.25, 0.3) is 0 Å². The van der Waals surface area contributed by atoms with Gasteiger partial charge in [0.25, 0.3) is 0 Å². The van der Waals surface area contributed by atoms with E-state index in [4.69, 9.17) is 0 Å². The van der Waals surface area contributed by atoms with Crippen molar-refractivity contribution in [1.82, 2.24) is 0 Å². The first kappa shape index (κ1) is 14.8. The summed E-state index contributed by atoms with van der Waals surface area (Å²) >= 11 is 3.69. The van der Waals surface area contributed by atoms with Crippen LogP contribution in [0, 0.1) is 17.2 Å². The molecule has 1 fully saturated rings. The number of nitrogens with zero attached hydrogens (tertiary/aromatic N) is 1. The van der Waals surface area contributed by atoms with Gasteiger partial charge in [-0.2, -0.15) is 5.26 Å². The third-order valence-corrected chi connectivity index (χ3v) is 5.88. The van der Waals surface area contributed by atoms with Gasteiger partial charge in [0.05, 0.1) is 5.56 Å². The SMILES string of the molecule is CCSc1cccc(SC2CCCC(C)C2)c1C#N. The second-order valence-corrected chi connectivity index (χ2v) is 7.83. The average Bonchev–Trinajstić information content (AvgIpc) is 2.39. The summed E-state index contributed by atoms with van der Waals surface area (Å²) in [7, 11) is 0.